The maximum absolute atomic E-state index is 10.8. The first-order valence-electron chi connectivity index (χ1n) is 3.04. The summed E-state index contributed by atoms with van der Waals surface area (Å²) < 4.78 is 0. The van der Waals surface area contributed by atoms with Crippen molar-refractivity contribution in [2.24, 2.45) is 0 Å². The third kappa shape index (κ3) is 0.932. The molecule has 0 aromatic rings. The predicted molar refractivity (Wildman–Crippen MR) is 32.3 cm³/mol. The minimum absolute atomic E-state index is 0.109. The maximum atomic E-state index is 10.8. The number of nitrogens with zero attached hydrogens (tertiary/aromatic N) is 2. The van der Waals surface area contributed by atoms with Gasteiger partial charge in [-0.15, -0.1) is 0 Å². The molecule has 0 saturated carbocycles. The second-order valence-corrected chi connectivity index (χ2v) is 2.32. The van der Waals surface area contributed by atoms with E-state index in [1.807, 2.05) is 0 Å². The van der Waals surface area contributed by atoms with Gasteiger partial charge in [-0.1, -0.05) is 0 Å². The molecule has 10 heavy (non-hydrogen) atoms. The third-order valence-corrected chi connectivity index (χ3v) is 1.59. The minimum Gasteiger partial charge on any atom is -0.376 e. The number of aliphatic hydroxyl groups excluding tert-OH is 1. The zero-order valence-electron chi connectivity index (χ0n) is 5.69. The van der Waals surface area contributed by atoms with Crippen LogP contribution in [0.3, 0.4) is 0 Å². The van der Waals surface area contributed by atoms with Crippen molar-refractivity contribution in [1.82, 2.24) is 9.96 Å². The van der Waals surface area contributed by atoms with Crippen LogP contribution in [0.4, 0.5) is 4.79 Å². The lowest BCUT2D eigenvalue weighted by atomic mass is 10.3. The Hall–Kier alpha value is -0.810. The number of hydrogen-bond donors (Lipinski definition) is 2. The molecular weight excluding hydrogens is 136 g/mol. The standard InChI is InChI=1S/C5H10N2O3/c1-4-2-7(10)5(9)6(4)3-8/h4,8,10H,2-3H2,1H3. The second-order valence-electron chi connectivity index (χ2n) is 2.32. The van der Waals surface area contributed by atoms with Crippen molar-refractivity contribution in [3.05, 3.63) is 0 Å². The summed E-state index contributed by atoms with van der Waals surface area (Å²) in [5.74, 6) is 0. The Morgan fingerprint density at radius 1 is 1.80 bits per heavy atom. The summed E-state index contributed by atoms with van der Waals surface area (Å²) in [5, 5.41) is 18.0. The van der Waals surface area contributed by atoms with E-state index < -0.39 is 6.03 Å². The van der Waals surface area contributed by atoms with Crippen molar-refractivity contribution in [2.45, 2.75) is 13.0 Å². The highest BCUT2D eigenvalue weighted by molar-refractivity contribution is 5.75. The number of aliphatic hydroxyl groups is 1. The molecule has 1 heterocycles. The van der Waals surface area contributed by atoms with E-state index in [1.165, 1.54) is 4.90 Å². The summed E-state index contributed by atoms with van der Waals surface area (Å²) >= 11 is 0. The van der Waals surface area contributed by atoms with Crippen molar-refractivity contribution in [3.8, 4) is 0 Å². The largest absolute Gasteiger partial charge is 0.376 e. The van der Waals surface area contributed by atoms with Gasteiger partial charge in [-0.25, -0.2) is 9.86 Å². The van der Waals surface area contributed by atoms with Crippen LogP contribution in [0.2, 0.25) is 0 Å². The van der Waals surface area contributed by atoms with Crippen molar-refractivity contribution in [2.75, 3.05) is 13.3 Å². The molecule has 0 spiro atoms. The summed E-state index contributed by atoms with van der Waals surface area (Å²) in [7, 11) is 0. The summed E-state index contributed by atoms with van der Waals surface area (Å²) in [6.07, 6.45) is 0. The van der Waals surface area contributed by atoms with Crippen LogP contribution in [0.15, 0.2) is 0 Å². The van der Waals surface area contributed by atoms with E-state index in [2.05, 4.69) is 0 Å². The number of carbonyl (C=O) groups excluding carboxylic acids is 1. The summed E-state index contributed by atoms with van der Waals surface area (Å²) in [6, 6.07) is -0.641. The molecule has 1 atom stereocenters. The number of amides is 2. The van der Waals surface area contributed by atoms with Crippen LogP contribution in [0.1, 0.15) is 6.92 Å². The number of rotatable bonds is 1. The van der Waals surface area contributed by atoms with Crippen LogP contribution >= 0.6 is 0 Å². The monoisotopic (exact) mass is 146 g/mol. The van der Waals surface area contributed by atoms with Crippen molar-refractivity contribution < 1.29 is 15.1 Å². The molecule has 1 aliphatic rings. The molecule has 5 nitrogen and oxygen atoms in total. The summed E-state index contributed by atoms with van der Waals surface area (Å²) in [5.41, 5.74) is 0. The molecular formula is C5H10N2O3. The van der Waals surface area contributed by atoms with E-state index in [4.69, 9.17) is 10.3 Å². The summed E-state index contributed by atoms with van der Waals surface area (Å²) in [6.45, 7) is 1.68. The fourth-order valence-corrected chi connectivity index (χ4v) is 0.964. The van der Waals surface area contributed by atoms with E-state index in [-0.39, 0.29) is 19.3 Å². The van der Waals surface area contributed by atoms with Crippen molar-refractivity contribution >= 4 is 6.03 Å². The van der Waals surface area contributed by atoms with Crippen LogP contribution < -0.4 is 0 Å². The molecule has 0 aromatic carbocycles. The lowest BCUT2D eigenvalue weighted by molar-refractivity contribution is -0.0294. The molecule has 0 bridgehead atoms. The van der Waals surface area contributed by atoms with Crippen LogP contribution in [-0.4, -0.2) is 45.6 Å². The highest BCUT2D eigenvalue weighted by atomic mass is 16.5. The van der Waals surface area contributed by atoms with Crippen LogP contribution in [-0.2, 0) is 0 Å². The lowest BCUT2D eigenvalue weighted by Crippen LogP contribution is -2.33. The van der Waals surface area contributed by atoms with Gasteiger partial charge in [0.1, 0.15) is 6.73 Å². The summed E-state index contributed by atoms with van der Waals surface area (Å²) in [4.78, 5) is 12.0. The molecule has 1 rings (SSSR count). The Morgan fingerprint density at radius 2 is 2.40 bits per heavy atom. The molecule has 5 heteroatoms. The lowest BCUT2D eigenvalue weighted by Gasteiger charge is -2.14. The van der Waals surface area contributed by atoms with Crippen LogP contribution in [0.25, 0.3) is 0 Å². The van der Waals surface area contributed by atoms with Gasteiger partial charge in [0, 0.05) is 0 Å². The normalized spacial score (nSPS) is 26.3. The number of carbonyl (C=O) groups is 1. The van der Waals surface area contributed by atoms with Gasteiger partial charge >= 0.3 is 6.03 Å². The Kier molecular flexibility index (Phi) is 1.78. The Balaban J connectivity index is 2.64. The van der Waals surface area contributed by atoms with E-state index in [0.717, 1.165) is 0 Å². The van der Waals surface area contributed by atoms with Gasteiger partial charge in [-0.3, -0.25) is 10.1 Å². The molecule has 58 valence electrons. The van der Waals surface area contributed by atoms with Gasteiger partial charge in [0.05, 0.1) is 12.6 Å². The molecule has 1 unspecified atom stereocenters. The molecule has 1 fully saturated rings. The van der Waals surface area contributed by atoms with Crippen LogP contribution in [0.5, 0.6) is 0 Å². The molecule has 0 radical (unpaired) electrons. The third-order valence-electron chi connectivity index (χ3n) is 1.59. The Bertz CT molecular complexity index is 150. The highest BCUT2D eigenvalue weighted by Crippen LogP contribution is 2.11. The molecule has 1 saturated heterocycles. The average Bonchev–Trinajstić information content (AvgIpc) is 2.09. The highest BCUT2D eigenvalue weighted by Gasteiger charge is 2.32. The number of hydroxylamine groups is 2. The molecule has 2 amide bonds. The minimum atomic E-state index is -0.532. The van der Waals surface area contributed by atoms with Gasteiger partial charge in [0.25, 0.3) is 0 Å². The fraction of sp³-hybridized carbons (Fsp3) is 0.800. The Labute approximate surface area is 58.4 Å². The Morgan fingerprint density at radius 3 is 2.60 bits per heavy atom. The first-order chi connectivity index (χ1) is 4.66. The van der Waals surface area contributed by atoms with E-state index >= 15 is 0 Å². The maximum Gasteiger partial charge on any atom is 0.345 e. The van der Waals surface area contributed by atoms with E-state index in [0.29, 0.717) is 5.06 Å². The predicted octanol–water partition coefficient (Wildman–Crippen LogP) is -0.548. The zero-order chi connectivity index (χ0) is 7.72. The second kappa shape index (κ2) is 2.43. The van der Waals surface area contributed by atoms with Gasteiger partial charge in [-0.2, -0.15) is 0 Å². The van der Waals surface area contributed by atoms with Gasteiger partial charge in [-0.05, 0) is 6.92 Å². The first kappa shape index (κ1) is 7.30. The topological polar surface area (TPSA) is 64.0 Å². The average molecular weight is 146 g/mol. The van der Waals surface area contributed by atoms with E-state index in [9.17, 15) is 4.79 Å². The fourth-order valence-electron chi connectivity index (χ4n) is 0.964. The molecule has 0 aliphatic carbocycles. The van der Waals surface area contributed by atoms with Crippen molar-refractivity contribution in [3.63, 3.8) is 0 Å². The molecule has 1 aliphatic heterocycles. The number of hydrogen-bond acceptors (Lipinski definition) is 3. The zero-order valence-corrected chi connectivity index (χ0v) is 5.69. The van der Waals surface area contributed by atoms with Gasteiger partial charge in [0.15, 0.2) is 0 Å². The van der Waals surface area contributed by atoms with Gasteiger partial charge < -0.3 is 5.11 Å². The molecule has 2 N–H and O–H groups in total. The smallest absolute Gasteiger partial charge is 0.345 e. The van der Waals surface area contributed by atoms with Gasteiger partial charge in [0.2, 0.25) is 0 Å². The van der Waals surface area contributed by atoms with Crippen LogP contribution in [0, 0.1) is 0 Å². The molecule has 0 aromatic heterocycles. The number of urea groups is 1. The van der Waals surface area contributed by atoms with Crippen molar-refractivity contribution in [1.29, 1.82) is 0 Å². The first-order valence-corrected chi connectivity index (χ1v) is 3.04. The SMILES string of the molecule is CC1CN(O)C(=O)N1CO. The quantitative estimate of drug-likeness (QED) is 0.488. The van der Waals surface area contributed by atoms with E-state index in [1.54, 1.807) is 6.92 Å².